The average Bonchev–Trinajstić information content (AvgIpc) is 2.86. The molecule has 2 heterocycles. The lowest BCUT2D eigenvalue weighted by Crippen LogP contribution is -2.34. The minimum Gasteiger partial charge on any atom is -0.485 e. The summed E-state index contributed by atoms with van der Waals surface area (Å²) in [5.41, 5.74) is 5.13. The summed E-state index contributed by atoms with van der Waals surface area (Å²) >= 11 is 0. The molecular weight excluding hydrogens is 423 g/mol. The Kier molecular flexibility index (Phi) is 5.85. The van der Waals surface area contributed by atoms with Crippen LogP contribution in [0.25, 0.3) is 11.3 Å². The molecule has 0 saturated heterocycles. The van der Waals surface area contributed by atoms with Crippen molar-refractivity contribution in [2.75, 3.05) is 18.6 Å². The molecule has 1 aliphatic rings. The SMILES string of the molecule is Cc1ccc(-c2nc(C(=O)/N=C3\COc4cc(C)ccc4N(C)C3=O)ncc2C)c(P)c1. The Labute approximate surface area is 188 Å². The summed E-state index contributed by atoms with van der Waals surface area (Å²) in [5.74, 6) is -0.596. The Bertz CT molecular complexity index is 1290. The van der Waals surface area contributed by atoms with Crippen LogP contribution in [0.4, 0.5) is 5.69 Å². The van der Waals surface area contributed by atoms with Gasteiger partial charge in [0, 0.05) is 18.8 Å². The van der Waals surface area contributed by atoms with E-state index in [1.807, 2.05) is 57.2 Å². The number of fused-ring (bicyclic) bond motifs is 1. The standard InChI is InChI=1S/C24H23N4O3P/c1-13-6-8-18-19(9-13)31-12-17(24(30)28(18)4)26-23(29)22-25-11-15(3)21(27-22)16-7-5-14(2)10-20(16)32/h5-11H,12,32H2,1-4H3/b26-17+. The topological polar surface area (TPSA) is 84.8 Å². The predicted molar refractivity (Wildman–Crippen MR) is 128 cm³/mol. The van der Waals surface area contributed by atoms with Gasteiger partial charge in [0.25, 0.3) is 5.91 Å². The van der Waals surface area contributed by atoms with Crippen LogP contribution in [0.1, 0.15) is 27.3 Å². The number of hydrogen-bond acceptors (Lipinski definition) is 5. The number of nitrogens with zero attached hydrogens (tertiary/aromatic N) is 4. The van der Waals surface area contributed by atoms with Crippen LogP contribution in [-0.4, -0.2) is 41.1 Å². The number of hydrogen-bond donors (Lipinski definition) is 0. The van der Waals surface area contributed by atoms with Gasteiger partial charge in [-0.3, -0.25) is 9.59 Å². The predicted octanol–water partition coefficient (Wildman–Crippen LogP) is 3.21. The molecule has 2 amide bonds. The normalized spacial score (nSPS) is 14.7. The number of carbonyl (C=O) groups excluding carboxylic acids is 2. The van der Waals surface area contributed by atoms with E-state index >= 15 is 0 Å². The molecule has 1 unspecified atom stereocenters. The third-order valence-electron chi connectivity index (χ3n) is 5.25. The number of amides is 2. The minimum atomic E-state index is -0.689. The van der Waals surface area contributed by atoms with E-state index in [4.69, 9.17) is 4.74 Å². The first-order valence-electron chi connectivity index (χ1n) is 10.1. The van der Waals surface area contributed by atoms with Gasteiger partial charge in [-0.1, -0.05) is 29.8 Å². The fourth-order valence-corrected chi connectivity index (χ4v) is 3.99. The van der Waals surface area contributed by atoms with Gasteiger partial charge in [0.15, 0.2) is 0 Å². The van der Waals surface area contributed by atoms with Crippen molar-refractivity contribution in [2.45, 2.75) is 20.8 Å². The maximum Gasteiger partial charge on any atom is 0.315 e. The highest BCUT2D eigenvalue weighted by Gasteiger charge is 2.27. The van der Waals surface area contributed by atoms with Crippen LogP contribution in [0.2, 0.25) is 0 Å². The first kappa shape index (κ1) is 21.8. The Morgan fingerprint density at radius 1 is 1.12 bits per heavy atom. The van der Waals surface area contributed by atoms with Gasteiger partial charge in [-0.05, 0) is 49.3 Å². The highest BCUT2D eigenvalue weighted by molar-refractivity contribution is 7.28. The van der Waals surface area contributed by atoms with Crippen molar-refractivity contribution < 1.29 is 14.3 Å². The largest absolute Gasteiger partial charge is 0.485 e. The number of anilines is 1. The molecule has 0 bridgehead atoms. The first-order chi connectivity index (χ1) is 15.2. The minimum absolute atomic E-state index is 0.000787. The molecular formula is C24H23N4O3P. The van der Waals surface area contributed by atoms with Crippen molar-refractivity contribution >= 4 is 37.8 Å². The van der Waals surface area contributed by atoms with Crippen molar-refractivity contribution in [3.8, 4) is 17.0 Å². The summed E-state index contributed by atoms with van der Waals surface area (Å²) in [6, 6.07) is 11.5. The molecule has 0 aliphatic carbocycles. The number of rotatable bonds is 2. The molecule has 1 atom stereocenters. The molecule has 2 aromatic carbocycles. The van der Waals surface area contributed by atoms with E-state index in [1.54, 1.807) is 13.2 Å². The lowest BCUT2D eigenvalue weighted by Gasteiger charge is -2.16. The van der Waals surface area contributed by atoms with Crippen LogP contribution >= 0.6 is 9.24 Å². The van der Waals surface area contributed by atoms with Gasteiger partial charge in [0.2, 0.25) is 5.82 Å². The highest BCUT2D eigenvalue weighted by Crippen LogP contribution is 2.31. The van der Waals surface area contributed by atoms with Crippen LogP contribution in [0.5, 0.6) is 5.75 Å². The zero-order chi connectivity index (χ0) is 23.0. The number of aromatic nitrogens is 2. The van der Waals surface area contributed by atoms with Crippen LogP contribution < -0.4 is 14.9 Å². The summed E-state index contributed by atoms with van der Waals surface area (Å²) in [6.07, 6.45) is 1.59. The van der Waals surface area contributed by atoms with Crippen molar-refractivity contribution in [3.05, 3.63) is 65.1 Å². The van der Waals surface area contributed by atoms with Gasteiger partial charge in [-0.25, -0.2) is 15.0 Å². The molecule has 0 saturated carbocycles. The van der Waals surface area contributed by atoms with Gasteiger partial charge in [-0.15, -0.1) is 9.24 Å². The van der Waals surface area contributed by atoms with E-state index in [-0.39, 0.29) is 18.1 Å². The Morgan fingerprint density at radius 2 is 1.84 bits per heavy atom. The number of aryl methyl sites for hydroxylation is 3. The van der Waals surface area contributed by atoms with E-state index in [0.29, 0.717) is 17.1 Å². The van der Waals surface area contributed by atoms with Crippen LogP contribution in [0, 0.1) is 20.8 Å². The Morgan fingerprint density at radius 3 is 2.59 bits per heavy atom. The van der Waals surface area contributed by atoms with Crippen LogP contribution in [-0.2, 0) is 4.79 Å². The molecule has 0 radical (unpaired) electrons. The molecule has 32 heavy (non-hydrogen) atoms. The van der Waals surface area contributed by atoms with E-state index < -0.39 is 11.8 Å². The summed E-state index contributed by atoms with van der Waals surface area (Å²) in [5, 5.41) is 0.971. The molecule has 162 valence electrons. The second-order valence-electron chi connectivity index (χ2n) is 7.80. The molecule has 4 rings (SSSR count). The lowest BCUT2D eigenvalue weighted by molar-refractivity contribution is -0.112. The van der Waals surface area contributed by atoms with Crippen LogP contribution in [0.3, 0.4) is 0 Å². The fourth-order valence-electron chi connectivity index (χ4n) is 3.49. The second kappa shape index (κ2) is 8.60. The molecule has 8 heteroatoms. The third-order valence-corrected chi connectivity index (χ3v) is 5.73. The first-order valence-corrected chi connectivity index (χ1v) is 10.7. The fraction of sp³-hybridized carbons (Fsp3) is 0.208. The summed E-state index contributed by atoms with van der Waals surface area (Å²) in [4.78, 5) is 39.9. The van der Waals surface area contributed by atoms with Gasteiger partial charge in [-0.2, -0.15) is 0 Å². The van der Waals surface area contributed by atoms with E-state index in [9.17, 15) is 9.59 Å². The molecule has 3 aromatic rings. The van der Waals surface area contributed by atoms with Crippen molar-refractivity contribution in [1.29, 1.82) is 0 Å². The molecule has 0 N–H and O–H groups in total. The summed E-state index contributed by atoms with van der Waals surface area (Å²) in [7, 11) is 4.32. The second-order valence-corrected chi connectivity index (χ2v) is 8.43. The summed E-state index contributed by atoms with van der Waals surface area (Å²) in [6.45, 7) is 5.72. The number of aliphatic imine (C=N–C) groups is 1. The maximum absolute atomic E-state index is 12.9. The average molecular weight is 446 g/mol. The van der Waals surface area contributed by atoms with Crippen LogP contribution in [0.15, 0.2) is 47.6 Å². The van der Waals surface area contributed by atoms with Gasteiger partial charge in [0.1, 0.15) is 18.1 Å². The molecule has 0 spiro atoms. The molecule has 7 nitrogen and oxygen atoms in total. The summed E-state index contributed by atoms with van der Waals surface area (Å²) < 4.78 is 5.77. The number of benzene rings is 2. The number of carbonyl (C=O) groups is 2. The smallest absolute Gasteiger partial charge is 0.315 e. The molecule has 0 fully saturated rings. The zero-order valence-electron chi connectivity index (χ0n) is 18.3. The highest BCUT2D eigenvalue weighted by atomic mass is 31.0. The van der Waals surface area contributed by atoms with E-state index in [1.165, 1.54) is 4.90 Å². The third kappa shape index (κ3) is 4.16. The van der Waals surface area contributed by atoms with Crippen molar-refractivity contribution in [2.24, 2.45) is 4.99 Å². The van der Waals surface area contributed by atoms with Gasteiger partial charge < -0.3 is 9.64 Å². The lowest BCUT2D eigenvalue weighted by atomic mass is 10.1. The zero-order valence-corrected chi connectivity index (χ0v) is 19.5. The quantitative estimate of drug-likeness (QED) is 0.565. The Hall–Kier alpha value is -3.44. The van der Waals surface area contributed by atoms with Crippen molar-refractivity contribution in [1.82, 2.24) is 9.97 Å². The van der Waals surface area contributed by atoms with E-state index in [2.05, 4.69) is 24.2 Å². The van der Waals surface area contributed by atoms with Gasteiger partial charge in [0.05, 0.1) is 11.4 Å². The number of ether oxygens (including phenoxy) is 1. The van der Waals surface area contributed by atoms with Gasteiger partial charge >= 0.3 is 5.91 Å². The van der Waals surface area contributed by atoms with E-state index in [0.717, 1.165) is 27.6 Å². The monoisotopic (exact) mass is 446 g/mol. The molecule has 1 aromatic heterocycles. The molecule has 1 aliphatic heterocycles. The maximum atomic E-state index is 12.9. The Balaban J connectivity index is 1.67. The van der Waals surface area contributed by atoms with Crippen molar-refractivity contribution in [3.63, 3.8) is 0 Å².